The summed E-state index contributed by atoms with van der Waals surface area (Å²) in [5.74, 6) is -1.58. The molecule has 0 aliphatic carbocycles. The standard InChI is InChI=1S/C30H35N3O8/c1-39-29(35)25-16-22(6-5-15-34)17-27(23-9-7-21(8-10-23)18-31-13-3-4-14-31)32(20-26(25)30(36)40-2)19-24-11-12-28(41-24)33(37)38/h7-12,16-17,20,27,34H,3-6,13-15,18-19H2,1-2H3. The van der Waals surface area contributed by atoms with Gasteiger partial charge in [0, 0.05) is 19.4 Å². The second-order valence-corrected chi connectivity index (χ2v) is 9.99. The average molecular weight is 566 g/mol. The third kappa shape index (κ3) is 7.50. The van der Waals surface area contributed by atoms with Crippen LogP contribution in [0.5, 0.6) is 0 Å². The maximum atomic E-state index is 13.0. The first-order valence-corrected chi connectivity index (χ1v) is 13.5. The van der Waals surface area contributed by atoms with Crippen molar-refractivity contribution in [3.63, 3.8) is 0 Å². The number of ether oxygens (including phenoxy) is 2. The molecule has 2 aliphatic heterocycles. The number of rotatable bonds is 11. The lowest BCUT2D eigenvalue weighted by Gasteiger charge is -2.31. The zero-order valence-corrected chi connectivity index (χ0v) is 23.3. The zero-order chi connectivity index (χ0) is 29.4. The van der Waals surface area contributed by atoms with E-state index >= 15 is 0 Å². The number of carbonyl (C=O) groups excluding carboxylic acids is 2. The Labute approximate surface area is 238 Å². The Hall–Kier alpha value is -4.22. The molecule has 1 aromatic carbocycles. The van der Waals surface area contributed by atoms with Gasteiger partial charge in [0.1, 0.15) is 10.7 Å². The summed E-state index contributed by atoms with van der Waals surface area (Å²) in [4.78, 5) is 40.6. The summed E-state index contributed by atoms with van der Waals surface area (Å²) in [6.07, 6.45) is 8.32. The fourth-order valence-corrected chi connectivity index (χ4v) is 5.10. The van der Waals surface area contributed by atoms with Crippen molar-refractivity contribution in [3.05, 3.63) is 98.5 Å². The number of aliphatic hydroxyl groups excluding tert-OH is 1. The molecule has 0 saturated carbocycles. The molecule has 1 unspecified atom stereocenters. The molecule has 41 heavy (non-hydrogen) atoms. The number of allylic oxidation sites excluding steroid dienone is 2. The first-order valence-electron chi connectivity index (χ1n) is 13.5. The molecule has 1 fully saturated rings. The maximum Gasteiger partial charge on any atom is 0.433 e. The van der Waals surface area contributed by atoms with Crippen molar-refractivity contribution in [2.45, 2.75) is 44.8 Å². The number of carbonyl (C=O) groups is 2. The van der Waals surface area contributed by atoms with Crippen molar-refractivity contribution in [2.24, 2.45) is 0 Å². The molecule has 11 heteroatoms. The van der Waals surface area contributed by atoms with Crippen molar-refractivity contribution in [1.29, 1.82) is 0 Å². The van der Waals surface area contributed by atoms with Gasteiger partial charge in [-0.05, 0) is 67.6 Å². The van der Waals surface area contributed by atoms with Gasteiger partial charge >= 0.3 is 17.8 Å². The fourth-order valence-electron chi connectivity index (χ4n) is 5.10. The first-order chi connectivity index (χ1) is 19.8. The summed E-state index contributed by atoms with van der Waals surface area (Å²) in [5.41, 5.74) is 2.74. The highest BCUT2D eigenvalue weighted by molar-refractivity contribution is 6.07. The number of benzene rings is 1. The largest absolute Gasteiger partial charge is 0.465 e. The summed E-state index contributed by atoms with van der Waals surface area (Å²) in [6.45, 7) is 3.02. The van der Waals surface area contributed by atoms with Crippen molar-refractivity contribution in [1.82, 2.24) is 9.80 Å². The van der Waals surface area contributed by atoms with Crippen LogP contribution in [-0.4, -0.2) is 65.7 Å². The molecular weight excluding hydrogens is 530 g/mol. The monoisotopic (exact) mass is 565 g/mol. The Kier molecular flexibility index (Phi) is 10.1. The van der Waals surface area contributed by atoms with Crippen LogP contribution in [0.4, 0.5) is 5.88 Å². The molecule has 0 spiro atoms. The third-order valence-corrected chi connectivity index (χ3v) is 7.17. The molecule has 0 radical (unpaired) electrons. The Morgan fingerprint density at radius 2 is 1.71 bits per heavy atom. The van der Waals surface area contributed by atoms with E-state index < -0.39 is 28.8 Å². The van der Waals surface area contributed by atoms with Crippen LogP contribution in [0.3, 0.4) is 0 Å². The molecular formula is C30H35N3O8. The summed E-state index contributed by atoms with van der Waals surface area (Å²) in [6, 6.07) is 10.5. The smallest absolute Gasteiger partial charge is 0.433 e. The summed E-state index contributed by atoms with van der Waals surface area (Å²) < 4.78 is 15.5. The first kappa shape index (κ1) is 29.8. The number of hydrogen-bond acceptors (Lipinski definition) is 10. The molecule has 4 rings (SSSR count). The van der Waals surface area contributed by atoms with Crippen LogP contribution < -0.4 is 0 Å². The minimum Gasteiger partial charge on any atom is -0.465 e. The number of esters is 2. The van der Waals surface area contributed by atoms with Gasteiger partial charge in [-0.1, -0.05) is 30.3 Å². The summed E-state index contributed by atoms with van der Waals surface area (Å²) >= 11 is 0. The molecule has 2 aromatic rings. The second-order valence-electron chi connectivity index (χ2n) is 9.99. The fraction of sp³-hybridized carbons (Fsp3) is 0.400. The molecule has 0 amide bonds. The van der Waals surface area contributed by atoms with Crippen LogP contribution in [-0.2, 0) is 32.2 Å². The van der Waals surface area contributed by atoms with E-state index in [-0.39, 0.29) is 24.3 Å². The minimum absolute atomic E-state index is 0.00150. The number of methoxy groups -OCH3 is 2. The molecule has 11 nitrogen and oxygen atoms in total. The van der Waals surface area contributed by atoms with E-state index in [1.165, 1.54) is 51.0 Å². The maximum absolute atomic E-state index is 13.0. The lowest BCUT2D eigenvalue weighted by atomic mass is 9.93. The molecule has 1 atom stereocenters. The highest BCUT2D eigenvalue weighted by Crippen LogP contribution is 2.33. The normalized spacial score (nSPS) is 17.7. The third-order valence-electron chi connectivity index (χ3n) is 7.17. The van der Waals surface area contributed by atoms with E-state index in [9.17, 15) is 24.8 Å². The van der Waals surface area contributed by atoms with Crippen LogP contribution in [0.2, 0.25) is 0 Å². The highest BCUT2D eigenvalue weighted by Gasteiger charge is 2.29. The van der Waals surface area contributed by atoms with Gasteiger partial charge in [0.25, 0.3) is 0 Å². The Bertz CT molecular complexity index is 1340. The lowest BCUT2D eigenvalue weighted by molar-refractivity contribution is -0.402. The average Bonchev–Trinajstić information content (AvgIpc) is 3.66. The van der Waals surface area contributed by atoms with E-state index in [1.807, 2.05) is 18.2 Å². The number of hydrogen-bond donors (Lipinski definition) is 1. The van der Waals surface area contributed by atoms with Crippen molar-refractivity contribution in [3.8, 4) is 0 Å². The SMILES string of the molecule is COC(=O)C1=CC(CCCO)=CC(c2ccc(CN3CCCC3)cc2)N(Cc2ccc([N+](=O)[O-])o2)C=C1C(=O)OC. The van der Waals surface area contributed by atoms with E-state index in [4.69, 9.17) is 13.9 Å². The van der Waals surface area contributed by atoms with Crippen LogP contribution in [0.25, 0.3) is 0 Å². The van der Waals surface area contributed by atoms with Gasteiger partial charge in [-0.15, -0.1) is 0 Å². The second kappa shape index (κ2) is 13.9. The Balaban J connectivity index is 1.82. The van der Waals surface area contributed by atoms with Gasteiger partial charge in [0.05, 0.1) is 44.0 Å². The summed E-state index contributed by atoms with van der Waals surface area (Å²) in [5, 5.41) is 20.8. The highest BCUT2D eigenvalue weighted by atomic mass is 16.6. The number of likely N-dealkylation sites (tertiary alicyclic amines) is 1. The number of furan rings is 1. The van der Waals surface area contributed by atoms with E-state index in [0.717, 1.165) is 25.2 Å². The molecule has 3 heterocycles. The number of nitrogens with zero attached hydrogens (tertiary/aromatic N) is 3. The van der Waals surface area contributed by atoms with E-state index in [2.05, 4.69) is 17.0 Å². The van der Waals surface area contributed by atoms with Crippen molar-refractivity contribution < 1.29 is 33.5 Å². The molecule has 1 saturated heterocycles. The van der Waals surface area contributed by atoms with Crippen molar-refractivity contribution >= 4 is 17.8 Å². The molecule has 2 aliphatic rings. The summed E-state index contributed by atoms with van der Waals surface area (Å²) in [7, 11) is 2.44. The molecule has 0 bridgehead atoms. The predicted molar refractivity (Wildman–Crippen MR) is 149 cm³/mol. The van der Waals surface area contributed by atoms with Crippen LogP contribution >= 0.6 is 0 Å². The molecule has 1 N–H and O–H groups in total. The quantitative estimate of drug-likeness (QED) is 0.240. The number of nitro groups is 1. The molecule has 218 valence electrons. The predicted octanol–water partition coefficient (Wildman–Crippen LogP) is 4.20. The zero-order valence-electron chi connectivity index (χ0n) is 23.3. The van der Waals surface area contributed by atoms with Gasteiger partial charge in [0.2, 0.25) is 0 Å². The lowest BCUT2D eigenvalue weighted by Crippen LogP contribution is -2.27. The van der Waals surface area contributed by atoms with Gasteiger partial charge in [-0.25, -0.2) is 9.59 Å². The van der Waals surface area contributed by atoms with Gasteiger partial charge in [-0.3, -0.25) is 15.0 Å². The van der Waals surface area contributed by atoms with E-state index in [0.29, 0.717) is 24.2 Å². The number of aliphatic hydroxyl groups is 1. The van der Waals surface area contributed by atoms with Crippen LogP contribution in [0.1, 0.15) is 48.6 Å². The van der Waals surface area contributed by atoms with Crippen LogP contribution in [0, 0.1) is 10.1 Å². The topological polar surface area (TPSA) is 136 Å². The van der Waals surface area contributed by atoms with Crippen LogP contribution in [0.15, 0.2) is 75.9 Å². The van der Waals surface area contributed by atoms with Gasteiger partial charge < -0.3 is 23.9 Å². The minimum atomic E-state index is -0.750. The van der Waals surface area contributed by atoms with E-state index in [1.54, 1.807) is 11.0 Å². The molecule has 1 aromatic heterocycles. The van der Waals surface area contributed by atoms with Gasteiger partial charge in [-0.2, -0.15) is 0 Å². The van der Waals surface area contributed by atoms with Gasteiger partial charge in [0.15, 0.2) is 0 Å². The Morgan fingerprint density at radius 1 is 1.02 bits per heavy atom. The Morgan fingerprint density at radius 3 is 2.32 bits per heavy atom. The van der Waals surface area contributed by atoms with Crippen molar-refractivity contribution in [2.75, 3.05) is 33.9 Å².